The van der Waals surface area contributed by atoms with Crippen LogP contribution in [0.15, 0.2) is 66.0 Å². The Morgan fingerprint density at radius 2 is 1.68 bits per heavy atom. The molecule has 0 spiro atoms. The lowest BCUT2D eigenvalue weighted by molar-refractivity contribution is -0.192. The Morgan fingerprint density at radius 1 is 1.03 bits per heavy atom. The van der Waals surface area contributed by atoms with Crippen LogP contribution in [0.2, 0.25) is 0 Å². The first-order chi connectivity index (χ1) is 16.1. The minimum Gasteiger partial charge on any atom is -0.475 e. The Morgan fingerprint density at radius 3 is 2.24 bits per heavy atom. The molecule has 1 aromatic heterocycles. The molecule has 1 heterocycles. The van der Waals surface area contributed by atoms with Crippen LogP contribution in [0.25, 0.3) is 0 Å². The summed E-state index contributed by atoms with van der Waals surface area (Å²) in [5.41, 5.74) is 4.51. The molecule has 4 rings (SSSR count). The lowest BCUT2D eigenvalue weighted by Crippen LogP contribution is -2.22. The summed E-state index contributed by atoms with van der Waals surface area (Å²) in [6.07, 6.45) is -3.91. The Kier molecular flexibility index (Phi) is 8.46. The number of benzene rings is 2. The summed E-state index contributed by atoms with van der Waals surface area (Å²) in [7, 11) is 0. The lowest BCUT2D eigenvalue weighted by atomic mass is 10.1. The minimum atomic E-state index is -5.08. The molecular weight excluding hydrogens is 465 g/mol. The van der Waals surface area contributed by atoms with Gasteiger partial charge >= 0.3 is 12.1 Å². The fraction of sp³-hybridized carbons (Fsp3) is 0.280. The Labute approximate surface area is 199 Å². The number of carbonyl (C=O) groups excluding carboxylic acids is 1. The molecule has 2 aromatic carbocycles. The first-order valence-corrected chi connectivity index (χ1v) is 11.5. The van der Waals surface area contributed by atoms with E-state index in [0.717, 1.165) is 12.1 Å². The summed E-state index contributed by atoms with van der Waals surface area (Å²) in [4.78, 5) is 22.6. The van der Waals surface area contributed by atoms with Gasteiger partial charge in [-0.3, -0.25) is 4.79 Å². The maximum atomic E-state index is 12.3. The van der Waals surface area contributed by atoms with Crippen molar-refractivity contribution < 1.29 is 27.9 Å². The van der Waals surface area contributed by atoms with E-state index in [1.807, 2.05) is 53.8 Å². The Hall–Kier alpha value is -3.17. The highest BCUT2D eigenvalue weighted by molar-refractivity contribution is 7.10. The zero-order valence-corrected chi connectivity index (χ0v) is 19.2. The minimum absolute atomic E-state index is 0.0240. The van der Waals surface area contributed by atoms with Crippen molar-refractivity contribution in [2.45, 2.75) is 44.6 Å². The fourth-order valence-electron chi connectivity index (χ4n) is 3.36. The van der Waals surface area contributed by atoms with Crippen LogP contribution >= 0.6 is 11.3 Å². The molecule has 1 fully saturated rings. The zero-order valence-electron chi connectivity index (χ0n) is 18.4. The van der Waals surface area contributed by atoms with E-state index in [1.54, 1.807) is 0 Å². The molecule has 0 bridgehead atoms. The summed E-state index contributed by atoms with van der Waals surface area (Å²) < 4.78 is 31.7. The third-order valence-electron chi connectivity index (χ3n) is 5.42. The van der Waals surface area contributed by atoms with E-state index in [1.165, 1.54) is 22.4 Å². The number of rotatable bonds is 7. The monoisotopic (exact) mass is 490 g/mol. The van der Waals surface area contributed by atoms with Crippen molar-refractivity contribution in [3.63, 3.8) is 0 Å². The van der Waals surface area contributed by atoms with Gasteiger partial charge in [-0.05, 0) is 53.6 Å². The number of hydrogen-bond acceptors (Lipinski definition) is 4. The molecule has 5 nitrogen and oxygen atoms in total. The molecule has 1 saturated carbocycles. The number of carboxylic acids is 1. The Balaban J connectivity index is 0.000000406. The number of amides is 1. The molecule has 0 unspecified atom stereocenters. The second-order valence-corrected chi connectivity index (χ2v) is 8.95. The van der Waals surface area contributed by atoms with Crippen molar-refractivity contribution in [2.24, 2.45) is 0 Å². The van der Waals surface area contributed by atoms with Crippen molar-refractivity contribution in [3.8, 4) is 0 Å². The highest BCUT2D eigenvalue weighted by Gasteiger charge is 2.38. The molecule has 1 amide bonds. The first-order valence-electron chi connectivity index (χ1n) is 10.6. The molecule has 0 saturated heterocycles. The normalized spacial score (nSPS) is 16.8. The van der Waals surface area contributed by atoms with Crippen LogP contribution in [-0.2, 0) is 17.9 Å². The van der Waals surface area contributed by atoms with Crippen molar-refractivity contribution >= 4 is 23.2 Å². The van der Waals surface area contributed by atoms with E-state index < -0.39 is 12.1 Å². The smallest absolute Gasteiger partial charge is 0.475 e. The molecule has 0 aliphatic heterocycles. The third kappa shape index (κ3) is 7.43. The quantitative estimate of drug-likeness (QED) is 0.422. The van der Waals surface area contributed by atoms with Crippen LogP contribution in [0.3, 0.4) is 0 Å². The van der Waals surface area contributed by atoms with Crippen molar-refractivity contribution in [1.82, 2.24) is 10.6 Å². The van der Waals surface area contributed by atoms with Crippen molar-refractivity contribution in [3.05, 3.63) is 93.2 Å². The van der Waals surface area contributed by atoms with E-state index >= 15 is 0 Å². The number of aliphatic carboxylic acids is 1. The molecule has 1 aliphatic carbocycles. The number of aryl methyl sites for hydroxylation is 1. The largest absolute Gasteiger partial charge is 0.490 e. The summed E-state index contributed by atoms with van der Waals surface area (Å²) in [5, 5.41) is 15.9. The molecule has 3 aromatic rings. The van der Waals surface area contributed by atoms with Crippen LogP contribution in [0.4, 0.5) is 13.2 Å². The van der Waals surface area contributed by atoms with Gasteiger partial charge in [0.2, 0.25) is 0 Å². The number of carboxylic acid groups (broad SMARTS) is 1. The topological polar surface area (TPSA) is 78.4 Å². The van der Waals surface area contributed by atoms with Gasteiger partial charge in [0.05, 0.1) is 0 Å². The zero-order chi connectivity index (χ0) is 24.7. The molecule has 0 radical (unpaired) electrons. The van der Waals surface area contributed by atoms with Gasteiger partial charge in [0.25, 0.3) is 5.91 Å². The molecular formula is C25H25F3N2O3S. The molecule has 3 N–H and O–H groups in total. The number of hydrogen-bond donors (Lipinski definition) is 3. The van der Waals surface area contributed by atoms with Crippen molar-refractivity contribution in [1.29, 1.82) is 0 Å². The summed E-state index contributed by atoms with van der Waals surface area (Å²) in [5.74, 6) is -2.22. The second-order valence-electron chi connectivity index (χ2n) is 7.95. The van der Waals surface area contributed by atoms with Gasteiger partial charge in [-0.25, -0.2) is 4.79 Å². The van der Waals surface area contributed by atoms with E-state index in [4.69, 9.17) is 9.90 Å². The predicted octanol–water partition coefficient (Wildman–Crippen LogP) is 5.27. The molecule has 34 heavy (non-hydrogen) atoms. The van der Waals surface area contributed by atoms with E-state index in [0.29, 0.717) is 24.1 Å². The summed E-state index contributed by atoms with van der Waals surface area (Å²) in [6, 6.07) is 20.8. The SMILES string of the molecule is Cc1ccsc1CN[C@@H]1C[C@H]1c1ccc(C(=O)NCc2ccccc2)cc1.O=C(O)C(F)(F)F. The number of halogens is 3. The van der Waals surface area contributed by atoms with Crippen LogP contribution in [0, 0.1) is 6.92 Å². The predicted molar refractivity (Wildman–Crippen MR) is 125 cm³/mol. The van der Waals surface area contributed by atoms with Crippen molar-refractivity contribution in [2.75, 3.05) is 0 Å². The first kappa shape index (κ1) is 25.5. The van der Waals surface area contributed by atoms with Crippen LogP contribution in [-0.4, -0.2) is 29.2 Å². The average molecular weight is 491 g/mol. The Bertz CT molecular complexity index is 1100. The number of carbonyl (C=O) groups is 2. The summed E-state index contributed by atoms with van der Waals surface area (Å²) in [6.45, 7) is 3.67. The second kappa shape index (κ2) is 11.3. The third-order valence-corrected chi connectivity index (χ3v) is 6.45. The van der Waals surface area contributed by atoms with Gasteiger partial charge < -0.3 is 15.7 Å². The fourth-order valence-corrected chi connectivity index (χ4v) is 4.22. The van der Waals surface area contributed by atoms with E-state index in [2.05, 4.69) is 41.1 Å². The highest BCUT2D eigenvalue weighted by Crippen LogP contribution is 2.41. The number of nitrogens with one attached hydrogen (secondary N) is 2. The van der Waals surface area contributed by atoms with Crippen LogP contribution in [0.5, 0.6) is 0 Å². The van der Waals surface area contributed by atoms with Gasteiger partial charge in [-0.1, -0.05) is 42.5 Å². The van der Waals surface area contributed by atoms with Gasteiger partial charge in [0, 0.05) is 35.5 Å². The van der Waals surface area contributed by atoms with E-state index in [-0.39, 0.29) is 5.91 Å². The molecule has 2 atom stereocenters. The molecule has 9 heteroatoms. The average Bonchev–Trinajstić information content (AvgIpc) is 3.48. The number of thiophene rings is 1. The molecule has 180 valence electrons. The maximum Gasteiger partial charge on any atom is 0.490 e. The van der Waals surface area contributed by atoms with Crippen LogP contribution < -0.4 is 10.6 Å². The maximum absolute atomic E-state index is 12.3. The number of alkyl halides is 3. The van der Waals surface area contributed by atoms with Gasteiger partial charge in [0.15, 0.2) is 0 Å². The molecule has 1 aliphatic rings. The van der Waals surface area contributed by atoms with Gasteiger partial charge in [-0.2, -0.15) is 13.2 Å². The highest BCUT2D eigenvalue weighted by atomic mass is 32.1. The van der Waals surface area contributed by atoms with E-state index in [9.17, 15) is 18.0 Å². The lowest BCUT2D eigenvalue weighted by Gasteiger charge is -2.07. The van der Waals surface area contributed by atoms with Gasteiger partial charge in [-0.15, -0.1) is 11.3 Å². The standard InChI is InChI=1S/C23H24N2OS.C2HF3O2/c1-16-11-12-27-22(16)15-24-21-13-20(21)18-7-9-19(10-8-18)23(26)25-14-17-5-3-2-4-6-17;3-2(4,5)1(6)7/h2-12,20-21,24H,13-15H2,1H3,(H,25,26);(H,6,7)/t20-,21+;/m0./s1. The van der Waals surface area contributed by atoms with Crippen LogP contribution in [0.1, 0.15) is 44.3 Å². The van der Waals surface area contributed by atoms with Gasteiger partial charge in [0.1, 0.15) is 0 Å². The summed E-state index contributed by atoms with van der Waals surface area (Å²) >= 11 is 1.82.